The van der Waals surface area contributed by atoms with Crippen molar-refractivity contribution in [2.75, 3.05) is 19.6 Å². The molecule has 31 heavy (non-hydrogen) atoms. The Morgan fingerprint density at radius 2 is 1.58 bits per heavy atom. The van der Waals surface area contributed by atoms with Crippen LogP contribution in [0.5, 0.6) is 0 Å². The first-order chi connectivity index (χ1) is 15.2. The molecule has 158 valence electrons. The lowest BCUT2D eigenvalue weighted by Gasteiger charge is -2.20. The number of ketones is 1. The predicted octanol–water partition coefficient (Wildman–Crippen LogP) is 4.91. The van der Waals surface area contributed by atoms with Crippen LogP contribution in [0, 0.1) is 0 Å². The molecule has 0 radical (unpaired) electrons. The van der Waals surface area contributed by atoms with Crippen molar-refractivity contribution >= 4 is 38.6 Å². The van der Waals surface area contributed by atoms with Gasteiger partial charge in [0.05, 0.1) is 22.6 Å². The first kappa shape index (κ1) is 18.8. The van der Waals surface area contributed by atoms with Crippen molar-refractivity contribution in [2.24, 2.45) is 0 Å². The molecule has 1 aliphatic carbocycles. The van der Waals surface area contributed by atoms with Gasteiger partial charge in [-0.2, -0.15) is 0 Å². The van der Waals surface area contributed by atoms with E-state index in [1.165, 1.54) is 51.1 Å². The van der Waals surface area contributed by atoms with Gasteiger partial charge in [0.2, 0.25) is 0 Å². The minimum atomic E-state index is -0.0303. The monoisotopic (exact) mass is 414 g/mol. The number of rotatable bonds is 3. The lowest BCUT2D eigenvalue weighted by atomic mass is 10.0. The summed E-state index contributed by atoms with van der Waals surface area (Å²) in [6.45, 7) is 4.22. The number of carbonyl (C=O) groups excluding carboxylic acids is 1. The van der Waals surface area contributed by atoms with Gasteiger partial charge in [0, 0.05) is 42.0 Å². The third-order valence-corrected chi connectivity index (χ3v) is 7.17. The highest BCUT2D eigenvalue weighted by Gasteiger charge is 2.26. The molecule has 0 amide bonds. The number of Topliss-reactive ketones (excluding diaryl/α,β-unsaturated/α-hetero) is 1. The van der Waals surface area contributed by atoms with E-state index in [9.17, 15) is 9.59 Å². The van der Waals surface area contributed by atoms with Gasteiger partial charge in [0.1, 0.15) is 5.58 Å². The molecule has 0 atom stereocenters. The number of hydrogen-bond donors (Lipinski definition) is 0. The number of likely N-dealkylation sites (tertiary alicyclic amines) is 1. The van der Waals surface area contributed by atoms with Gasteiger partial charge >= 0.3 is 0 Å². The first-order valence-corrected chi connectivity index (χ1v) is 11.5. The largest absolute Gasteiger partial charge is 0.463 e. The highest BCUT2D eigenvalue weighted by atomic mass is 16.3. The summed E-state index contributed by atoms with van der Waals surface area (Å²) in [5.74, 6) is 0.212. The number of aromatic nitrogens is 1. The van der Waals surface area contributed by atoms with E-state index < -0.39 is 0 Å². The molecule has 0 spiro atoms. The smallest absolute Gasteiger partial charge is 0.192 e. The fraction of sp³-hybridized carbons (Fsp3) is 0.385. The van der Waals surface area contributed by atoms with Crippen LogP contribution in [-0.4, -0.2) is 34.9 Å². The van der Waals surface area contributed by atoms with Gasteiger partial charge in [0.15, 0.2) is 11.2 Å². The molecule has 2 aromatic carbocycles. The molecule has 4 aromatic rings. The highest BCUT2D eigenvalue weighted by molar-refractivity contribution is 6.22. The molecular formula is C26H26N2O3. The van der Waals surface area contributed by atoms with Crippen molar-refractivity contribution in [1.82, 2.24) is 9.47 Å². The summed E-state index contributed by atoms with van der Waals surface area (Å²) in [7, 11) is 0. The van der Waals surface area contributed by atoms with E-state index >= 15 is 0 Å². The normalized spacial score (nSPS) is 17.6. The average Bonchev–Trinajstić information content (AvgIpc) is 3.18. The Morgan fingerprint density at radius 1 is 0.806 bits per heavy atom. The van der Waals surface area contributed by atoms with E-state index in [2.05, 4.69) is 21.6 Å². The molecule has 5 nitrogen and oxygen atoms in total. The molecule has 0 N–H and O–H groups in total. The topological polar surface area (TPSA) is 55.5 Å². The van der Waals surface area contributed by atoms with Crippen LogP contribution in [0.4, 0.5) is 0 Å². The molecule has 1 fully saturated rings. The number of benzene rings is 2. The molecule has 6 rings (SSSR count). The van der Waals surface area contributed by atoms with Gasteiger partial charge in [-0.05, 0) is 62.2 Å². The fourth-order valence-electron chi connectivity index (χ4n) is 5.61. The molecule has 3 heterocycles. The van der Waals surface area contributed by atoms with E-state index in [0.717, 1.165) is 52.4 Å². The van der Waals surface area contributed by atoms with Gasteiger partial charge in [-0.15, -0.1) is 0 Å². The third-order valence-electron chi connectivity index (χ3n) is 7.17. The minimum Gasteiger partial charge on any atom is -0.463 e. The number of hydrogen-bond acceptors (Lipinski definition) is 4. The van der Waals surface area contributed by atoms with Crippen LogP contribution in [0.1, 0.15) is 48.0 Å². The summed E-state index contributed by atoms with van der Waals surface area (Å²) >= 11 is 0. The van der Waals surface area contributed by atoms with Crippen LogP contribution in [-0.2, 0) is 13.0 Å². The zero-order chi connectivity index (χ0) is 20.9. The summed E-state index contributed by atoms with van der Waals surface area (Å²) < 4.78 is 8.28. The Balaban J connectivity index is 1.59. The fourth-order valence-corrected chi connectivity index (χ4v) is 5.61. The van der Waals surface area contributed by atoms with Crippen molar-refractivity contribution in [3.63, 3.8) is 0 Å². The lowest BCUT2D eigenvalue weighted by Crippen LogP contribution is -2.28. The summed E-state index contributed by atoms with van der Waals surface area (Å²) in [5.41, 5.74) is 4.76. The van der Waals surface area contributed by atoms with Crippen LogP contribution < -0.4 is 5.43 Å². The predicted molar refractivity (Wildman–Crippen MR) is 123 cm³/mol. The van der Waals surface area contributed by atoms with E-state index in [4.69, 9.17) is 4.42 Å². The summed E-state index contributed by atoms with van der Waals surface area (Å²) in [4.78, 5) is 27.5. The van der Waals surface area contributed by atoms with Crippen LogP contribution in [0.3, 0.4) is 0 Å². The van der Waals surface area contributed by atoms with Crippen LogP contribution in [0.2, 0.25) is 0 Å². The zero-order valence-electron chi connectivity index (χ0n) is 17.7. The van der Waals surface area contributed by atoms with Crippen LogP contribution >= 0.6 is 0 Å². The first-order valence-electron chi connectivity index (χ1n) is 11.5. The maximum Gasteiger partial charge on any atom is 0.192 e. The molecule has 0 bridgehead atoms. The Labute approximate surface area is 180 Å². The highest BCUT2D eigenvalue weighted by Crippen LogP contribution is 2.39. The molecule has 5 heteroatoms. The molecule has 0 saturated carbocycles. The van der Waals surface area contributed by atoms with Gasteiger partial charge in [-0.1, -0.05) is 12.8 Å². The van der Waals surface area contributed by atoms with E-state index in [1.807, 2.05) is 12.1 Å². The third kappa shape index (κ3) is 2.94. The zero-order valence-corrected chi connectivity index (χ0v) is 17.7. The second kappa shape index (κ2) is 7.34. The van der Waals surface area contributed by atoms with Crippen LogP contribution in [0.15, 0.2) is 45.8 Å². The van der Waals surface area contributed by atoms with E-state index in [-0.39, 0.29) is 11.2 Å². The maximum absolute atomic E-state index is 12.5. The van der Waals surface area contributed by atoms with E-state index in [1.54, 1.807) is 0 Å². The summed E-state index contributed by atoms with van der Waals surface area (Å²) in [5, 5.41) is 2.67. The van der Waals surface area contributed by atoms with Gasteiger partial charge < -0.3 is 13.9 Å². The van der Waals surface area contributed by atoms with Gasteiger partial charge in [-0.3, -0.25) is 9.59 Å². The lowest BCUT2D eigenvalue weighted by molar-refractivity contribution is 0.0994. The van der Waals surface area contributed by atoms with Crippen LogP contribution in [0.25, 0.3) is 32.8 Å². The standard InChI is InChI=1S/C26H26N2O3/c29-22-10-7-18-17(22)5-8-20-24(18)25-21(9-6-19-23(30)11-16-31-26(19)25)28(20)15-14-27-12-3-1-2-4-13-27/h5-6,8-9,11,16H,1-4,7,10,12-15H2. The Morgan fingerprint density at radius 3 is 2.42 bits per heavy atom. The van der Waals surface area contributed by atoms with Crippen molar-refractivity contribution in [2.45, 2.75) is 45.1 Å². The number of carbonyl (C=O) groups is 1. The van der Waals surface area contributed by atoms with Crippen molar-refractivity contribution in [3.8, 4) is 0 Å². The van der Waals surface area contributed by atoms with Gasteiger partial charge in [0.25, 0.3) is 0 Å². The van der Waals surface area contributed by atoms with Crippen molar-refractivity contribution in [3.05, 3.63) is 57.9 Å². The quantitative estimate of drug-likeness (QED) is 0.478. The molecule has 1 saturated heterocycles. The average molecular weight is 415 g/mol. The Bertz CT molecular complexity index is 1390. The number of nitrogens with zero attached hydrogens (tertiary/aromatic N) is 2. The number of aryl methyl sites for hydroxylation is 1. The van der Waals surface area contributed by atoms with Crippen molar-refractivity contribution < 1.29 is 9.21 Å². The molecule has 1 aliphatic heterocycles. The second-order valence-corrected chi connectivity index (χ2v) is 8.94. The molecule has 2 aromatic heterocycles. The molecular weight excluding hydrogens is 388 g/mol. The van der Waals surface area contributed by atoms with E-state index in [0.29, 0.717) is 17.4 Å². The SMILES string of the molecule is O=C1CCc2c1ccc1c2c2c3occc(=O)c3ccc2n1CCN1CCCCCC1. The Hall–Kier alpha value is -2.92. The second-order valence-electron chi connectivity index (χ2n) is 8.94. The van der Waals surface area contributed by atoms with Crippen molar-refractivity contribution in [1.29, 1.82) is 0 Å². The summed E-state index contributed by atoms with van der Waals surface area (Å²) in [6.07, 6.45) is 8.01. The summed E-state index contributed by atoms with van der Waals surface area (Å²) in [6, 6.07) is 9.50. The minimum absolute atomic E-state index is 0.0303. The van der Waals surface area contributed by atoms with Gasteiger partial charge in [-0.25, -0.2) is 0 Å². The Kier molecular flexibility index (Phi) is 4.46. The maximum atomic E-state index is 12.5. The molecule has 2 aliphatic rings. The number of fused-ring (bicyclic) bond motifs is 7. The molecule has 0 unspecified atom stereocenters.